The van der Waals surface area contributed by atoms with Crippen molar-refractivity contribution in [1.82, 2.24) is 9.29 Å². The quantitative estimate of drug-likeness (QED) is 0.519. The van der Waals surface area contributed by atoms with Crippen molar-refractivity contribution in [3.05, 3.63) is 58.9 Å². The summed E-state index contributed by atoms with van der Waals surface area (Å²) in [7, 11) is -3.52. The van der Waals surface area contributed by atoms with E-state index in [2.05, 4.69) is 10.3 Å². The first-order valence-electron chi connectivity index (χ1n) is 9.89. The Labute approximate surface area is 186 Å². The number of aromatic nitrogens is 1. The lowest BCUT2D eigenvalue weighted by Crippen LogP contribution is -2.30. The number of amides is 1. The number of ether oxygens (including phenoxy) is 1. The van der Waals surface area contributed by atoms with Gasteiger partial charge in [-0.15, -0.1) is 11.3 Å². The molecule has 0 radical (unpaired) electrons. The van der Waals surface area contributed by atoms with Crippen molar-refractivity contribution in [2.75, 3.05) is 25.0 Å². The standard InChI is InChI=1S/C22H25N3O4S2/c1-4-25(5-2)31(27,28)20-11-9-19(10-12-20)29-14-22(26)24-18-8-6-7-17(13-18)21-15-30-16(3)23-21/h6-13,15H,4-5,14H2,1-3H3,(H,24,26). The molecule has 1 N–H and O–H groups in total. The maximum atomic E-state index is 12.5. The SMILES string of the molecule is CCN(CC)S(=O)(=O)c1ccc(OCC(=O)Nc2cccc(-c3csc(C)n3)c2)cc1. The fourth-order valence-electron chi connectivity index (χ4n) is 3.02. The number of thiazole rings is 1. The van der Waals surface area contributed by atoms with E-state index in [0.717, 1.165) is 16.3 Å². The van der Waals surface area contributed by atoms with Crippen LogP contribution < -0.4 is 10.1 Å². The van der Waals surface area contributed by atoms with Crippen LogP contribution in [0.4, 0.5) is 5.69 Å². The van der Waals surface area contributed by atoms with Gasteiger partial charge in [0.2, 0.25) is 10.0 Å². The van der Waals surface area contributed by atoms with E-state index in [-0.39, 0.29) is 17.4 Å². The highest BCUT2D eigenvalue weighted by atomic mass is 32.2. The predicted octanol–water partition coefficient (Wildman–Crippen LogP) is 4.17. The van der Waals surface area contributed by atoms with Crippen LogP contribution in [0.25, 0.3) is 11.3 Å². The lowest BCUT2D eigenvalue weighted by atomic mass is 10.1. The van der Waals surface area contributed by atoms with Crippen LogP contribution in [0, 0.1) is 6.92 Å². The van der Waals surface area contributed by atoms with Gasteiger partial charge in [-0.2, -0.15) is 4.31 Å². The summed E-state index contributed by atoms with van der Waals surface area (Å²) in [5, 5.41) is 5.76. The van der Waals surface area contributed by atoms with Gasteiger partial charge >= 0.3 is 0 Å². The molecule has 0 fully saturated rings. The molecule has 2 aromatic carbocycles. The summed E-state index contributed by atoms with van der Waals surface area (Å²) >= 11 is 1.57. The van der Waals surface area contributed by atoms with Gasteiger partial charge in [0, 0.05) is 29.7 Å². The molecule has 31 heavy (non-hydrogen) atoms. The second-order valence-electron chi connectivity index (χ2n) is 6.73. The monoisotopic (exact) mass is 459 g/mol. The minimum atomic E-state index is -3.52. The summed E-state index contributed by atoms with van der Waals surface area (Å²) in [6.07, 6.45) is 0. The Morgan fingerprint density at radius 3 is 2.45 bits per heavy atom. The molecule has 9 heteroatoms. The fraction of sp³-hybridized carbons (Fsp3) is 0.273. The summed E-state index contributed by atoms with van der Waals surface area (Å²) in [5.74, 6) is 0.104. The van der Waals surface area contributed by atoms with Crippen LogP contribution in [-0.4, -0.2) is 43.3 Å². The normalized spacial score (nSPS) is 11.5. The lowest BCUT2D eigenvalue weighted by molar-refractivity contribution is -0.118. The third-order valence-corrected chi connectivity index (χ3v) is 7.44. The molecule has 0 saturated carbocycles. The van der Waals surface area contributed by atoms with E-state index in [0.29, 0.717) is 24.5 Å². The number of anilines is 1. The second kappa shape index (κ2) is 10.0. The first-order chi connectivity index (χ1) is 14.8. The minimum absolute atomic E-state index is 0.192. The molecule has 3 rings (SSSR count). The largest absolute Gasteiger partial charge is 0.484 e. The Morgan fingerprint density at radius 1 is 1.13 bits per heavy atom. The van der Waals surface area contributed by atoms with Crippen molar-refractivity contribution < 1.29 is 17.9 Å². The van der Waals surface area contributed by atoms with E-state index >= 15 is 0 Å². The van der Waals surface area contributed by atoms with E-state index in [1.165, 1.54) is 16.4 Å². The van der Waals surface area contributed by atoms with Gasteiger partial charge in [0.05, 0.1) is 15.6 Å². The fourth-order valence-corrected chi connectivity index (χ4v) is 5.10. The molecule has 3 aromatic rings. The molecule has 0 aliphatic rings. The van der Waals surface area contributed by atoms with E-state index < -0.39 is 10.0 Å². The van der Waals surface area contributed by atoms with Gasteiger partial charge in [-0.05, 0) is 43.3 Å². The van der Waals surface area contributed by atoms with Gasteiger partial charge in [-0.3, -0.25) is 4.79 Å². The maximum absolute atomic E-state index is 12.5. The van der Waals surface area contributed by atoms with Gasteiger partial charge in [-0.1, -0.05) is 26.0 Å². The molecule has 0 atom stereocenters. The Bertz CT molecular complexity index is 1140. The molecule has 1 heterocycles. The number of carbonyl (C=O) groups excluding carboxylic acids is 1. The summed E-state index contributed by atoms with van der Waals surface area (Å²) in [6.45, 7) is 6.15. The number of rotatable bonds is 9. The van der Waals surface area contributed by atoms with Crippen LogP contribution in [0.15, 0.2) is 58.8 Å². The highest BCUT2D eigenvalue weighted by Crippen LogP contribution is 2.24. The number of nitrogens with one attached hydrogen (secondary N) is 1. The van der Waals surface area contributed by atoms with Crippen molar-refractivity contribution in [3.8, 4) is 17.0 Å². The molecular formula is C22H25N3O4S2. The average Bonchev–Trinajstić information content (AvgIpc) is 3.20. The molecule has 0 aliphatic carbocycles. The zero-order chi connectivity index (χ0) is 22.4. The van der Waals surface area contributed by atoms with Gasteiger partial charge in [0.15, 0.2) is 6.61 Å². The summed E-state index contributed by atoms with van der Waals surface area (Å²) in [5.41, 5.74) is 2.44. The van der Waals surface area contributed by atoms with E-state index in [1.54, 1.807) is 43.4 Å². The molecular weight excluding hydrogens is 434 g/mol. The van der Waals surface area contributed by atoms with Gasteiger partial charge < -0.3 is 10.1 Å². The highest BCUT2D eigenvalue weighted by Gasteiger charge is 2.21. The van der Waals surface area contributed by atoms with Gasteiger partial charge in [0.25, 0.3) is 5.91 Å². The van der Waals surface area contributed by atoms with Crippen LogP contribution in [-0.2, 0) is 14.8 Å². The molecule has 1 amide bonds. The summed E-state index contributed by atoms with van der Waals surface area (Å²) < 4.78 is 31.9. The van der Waals surface area contributed by atoms with Crippen molar-refractivity contribution in [2.45, 2.75) is 25.7 Å². The van der Waals surface area contributed by atoms with Crippen molar-refractivity contribution in [2.24, 2.45) is 0 Å². The number of nitrogens with zero attached hydrogens (tertiary/aromatic N) is 2. The smallest absolute Gasteiger partial charge is 0.262 e. The first-order valence-corrected chi connectivity index (χ1v) is 12.2. The van der Waals surface area contributed by atoms with Crippen molar-refractivity contribution >= 4 is 33.0 Å². The molecule has 0 unspecified atom stereocenters. The Balaban J connectivity index is 1.59. The third kappa shape index (κ3) is 5.69. The Kier molecular flexibility index (Phi) is 7.42. The molecule has 7 nitrogen and oxygen atoms in total. The zero-order valence-electron chi connectivity index (χ0n) is 17.7. The van der Waals surface area contributed by atoms with Gasteiger partial charge in [0.1, 0.15) is 5.75 Å². The van der Waals surface area contributed by atoms with Gasteiger partial charge in [-0.25, -0.2) is 13.4 Å². The molecule has 164 valence electrons. The molecule has 0 spiro atoms. The third-order valence-electron chi connectivity index (χ3n) is 4.60. The number of hydrogen-bond donors (Lipinski definition) is 1. The summed E-state index contributed by atoms with van der Waals surface area (Å²) in [4.78, 5) is 16.9. The van der Waals surface area contributed by atoms with Crippen LogP contribution in [0.2, 0.25) is 0 Å². The molecule has 0 bridgehead atoms. The van der Waals surface area contributed by atoms with Crippen LogP contribution >= 0.6 is 11.3 Å². The minimum Gasteiger partial charge on any atom is -0.484 e. The zero-order valence-corrected chi connectivity index (χ0v) is 19.3. The average molecular weight is 460 g/mol. The lowest BCUT2D eigenvalue weighted by Gasteiger charge is -2.18. The number of aryl methyl sites for hydroxylation is 1. The maximum Gasteiger partial charge on any atom is 0.262 e. The number of hydrogen-bond acceptors (Lipinski definition) is 6. The van der Waals surface area contributed by atoms with Crippen LogP contribution in [0.3, 0.4) is 0 Å². The first kappa shape index (κ1) is 22.9. The van der Waals surface area contributed by atoms with Crippen molar-refractivity contribution in [1.29, 1.82) is 0 Å². The molecule has 0 saturated heterocycles. The second-order valence-corrected chi connectivity index (χ2v) is 9.73. The van der Waals surface area contributed by atoms with Crippen molar-refractivity contribution in [3.63, 3.8) is 0 Å². The summed E-state index contributed by atoms with van der Waals surface area (Å²) in [6, 6.07) is 13.5. The van der Waals surface area contributed by atoms with Crippen LogP contribution in [0.1, 0.15) is 18.9 Å². The van der Waals surface area contributed by atoms with E-state index in [9.17, 15) is 13.2 Å². The topological polar surface area (TPSA) is 88.6 Å². The number of sulfonamides is 1. The Hall–Kier alpha value is -2.75. The Morgan fingerprint density at radius 2 is 1.84 bits per heavy atom. The molecule has 1 aromatic heterocycles. The number of benzene rings is 2. The molecule has 0 aliphatic heterocycles. The van der Waals surface area contributed by atoms with E-state index in [1.807, 2.05) is 30.5 Å². The van der Waals surface area contributed by atoms with Crippen LogP contribution in [0.5, 0.6) is 5.75 Å². The highest BCUT2D eigenvalue weighted by molar-refractivity contribution is 7.89. The predicted molar refractivity (Wildman–Crippen MR) is 123 cm³/mol. The number of carbonyl (C=O) groups is 1. The van der Waals surface area contributed by atoms with E-state index in [4.69, 9.17) is 4.74 Å².